The van der Waals surface area contributed by atoms with E-state index in [2.05, 4.69) is 23.2 Å². The van der Waals surface area contributed by atoms with Gasteiger partial charge in [0.25, 0.3) is 0 Å². The van der Waals surface area contributed by atoms with Crippen LogP contribution in [0, 0.1) is 0 Å². The first-order valence-corrected chi connectivity index (χ1v) is 11.4. The van der Waals surface area contributed by atoms with Gasteiger partial charge in [0.2, 0.25) is 0 Å². The fourth-order valence-electron chi connectivity index (χ4n) is 4.30. The maximum Gasteiger partial charge on any atom is 0.410 e. The summed E-state index contributed by atoms with van der Waals surface area (Å²) in [6.07, 6.45) is 15.8. The van der Waals surface area contributed by atoms with E-state index in [1.165, 1.54) is 5.57 Å². The molecule has 2 aliphatic rings. The zero-order valence-electron chi connectivity index (χ0n) is 18.6. The van der Waals surface area contributed by atoms with Crippen LogP contribution in [-0.2, 0) is 30.6 Å². The van der Waals surface area contributed by atoms with E-state index < -0.39 is 0 Å². The molecule has 3 aromatic rings. The SMILES string of the molecule is O=C(OCc1ccccc1)N1CCc2nc(CC3=CC=CCC3)nc(-n3ccnc3)c2CC1. The Morgan fingerprint density at radius 1 is 1.06 bits per heavy atom. The molecule has 0 saturated carbocycles. The number of imidazole rings is 1. The summed E-state index contributed by atoms with van der Waals surface area (Å²) >= 11 is 0. The highest BCUT2D eigenvalue weighted by molar-refractivity contribution is 5.68. The molecule has 0 saturated heterocycles. The highest BCUT2D eigenvalue weighted by atomic mass is 16.6. The summed E-state index contributed by atoms with van der Waals surface area (Å²) < 4.78 is 7.52. The van der Waals surface area contributed by atoms with Crippen molar-refractivity contribution in [1.82, 2.24) is 24.4 Å². The molecule has 2 aromatic heterocycles. The second-order valence-electron chi connectivity index (χ2n) is 8.35. The smallest absolute Gasteiger partial charge is 0.410 e. The molecule has 1 aliphatic carbocycles. The van der Waals surface area contributed by atoms with E-state index in [1.54, 1.807) is 17.4 Å². The minimum atomic E-state index is -0.289. The number of ether oxygens (including phenoxy) is 1. The number of fused-ring (bicyclic) bond motifs is 1. The van der Waals surface area contributed by atoms with Crippen LogP contribution in [0.3, 0.4) is 0 Å². The summed E-state index contributed by atoms with van der Waals surface area (Å²) in [5.41, 5.74) is 4.41. The van der Waals surface area contributed by atoms with Crippen LogP contribution in [0.25, 0.3) is 5.82 Å². The van der Waals surface area contributed by atoms with Gasteiger partial charge in [-0.3, -0.25) is 4.57 Å². The predicted octanol–water partition coefficient (Wildman–Crippen LogP) is 4.22. The molecular formula is C26H27N5O2. The second-order valence-corrected chi connectivity index (χ2v) is 8.35. The van der Waals surface area contributed by atoms with E-state index >= 15 is 0 Å². The van der Waals surface area contributed by atoms with Gasteiger partial charge in [-0.25, -0.2) is 19.7 Å². The van der Waals surface area contributed by atoms with Crippen molar-refractivity contribution in [3.05, 3.63) is 95.5 Å². The maximum atomic E-state index is 12.8. The first-order chi connectivity index (χ1) is 16.3. The molecule has 0 radical (unpaired) electrons. The highest BCUT2D eigenvalue weighted by Crippen LogP contribution is 2.23. The van der Waals surface area contributed by atoms with Crippen molar-refractivity contribution < 1.29 is 9.53 Å². The Hall–Kier alpha value is -3.74. The monoisotopic (exact) mass is 441 g/mol. The van der Waals surface area contributed by atoms with Gasteiger partial charge in [0, 0.05) is 43.9 Å². The van der Waals surface area contributed by atoms with Crippen molar-refractivity contribution in [1.29, 1.82) is 0 Å². The van der Waals surface area contributed by atoms with Gasteiger partial charge in [0.1, 0.15) is 24.6 Å². The maximum absolute atomic E-state index is 12.8. The molecule has 0 unspecified atom stereocenters. The Morgan fingerprint density at radius 3 is 2.73 bits per heavy atom. The lowest BCUT2D eigenvalue weighted by Crippen LogP contribution is -2.33. The zero-order valence-corrected chi connectivity index (χ0v) is 18.6. The molecule has 0 bridgehead atoms. The van der Waals surface area contributed by atoms with Crippen molar-refractivity contribution in [3.63, 3.8) is 0 Å². The predicted molar refractivity (Wildman–Crippen MR) is 125 cm³/mol. The minimum Gasteiger partial charge on any atom is -0.445 e. The molecule has 1 aliphatic heterocycles. The van der Waals surface area contributed by atoms with Crippen LogP contribution >= 0.6 is 0 Å². The van der Waals surface area contributed by atoms with Crippen molar-refractivity contribution >= 4 is 6.09 Å². The molecule has 7 heteroatoms. The number of allylic oxidation sites excluding steroid dienone is 4. The first kappa shape index (κ1) is 21.1. The van der Waals surface area contributed by atoms with E-state index in [9.17, 15) is 4.79 Å². The van der Waals surface area contributed by atoms with Crippen LogP contribution in [0.15, 0.2) is 72.9 Å². The minimum absolute atomic E-state index is 0.275. The normalized spacial score (nSPS) is 15.5. The second kappa shape index (κ2) is 9.81. The average Bonchev–Trinajstić information content (AvgIpc) is 3.31. The topological polar surface area (TPSA) is 73.1 Å². The molecule has 33 heavy (non-hydrogen) atoms. The van der Waals surface area contributed by atoms with Gasteiger partial charge in [-0.15, -0.1) is 0 Å². The summed E-state index contributed by atoms with van der Waals surface area (Å²) in [7, 11) is 0. The Bertz CT molecular complexity index is 1170. The number of rotatable bonds is 5. The third kappa shape index (κ3) is 5.03. The summed E-state index contributed by atoms with van der Waals surface area (Å²) in [4.78, 5) is 28.6. The molecular weight excluding hydrogens is 414 g/mol. The summed E-state index contributed by atoms with van der Waals surface area (Å²) in [5.74, 6) is 1.68. The van der Waals surface area contributed by atoms with Crippen molar-refractivity contribution in [2.45, 2.75) is 38.7 Å². The standard InChI is InChI=1S/C26H27N5O2/c32-26(33-18-21-9-5-2-6-10-21)30-14-11-22-23(12-15-30)28-24(17-20-7-3-1-4-8-20)29-25(22)31-16-13-27-19-31/h1-3,5-7,9-10,13,16,19H,4,8,11-12,14-15,17-18H2. The Morgan fingerprint density at radius 2 is 1.94 bits per heavy atom. The van der Waals surface area contributed by atoms with Gasteiger partial charge in [-0.05, 0) is 24.8 Å². The van der Waals surface area contributed by atoms with E-state index in [0.29, 0.717) is 25.9 Å². The first-order valence-electron chi connectivity index (χ1n) is 11.4. The van der Waals surface area contributed by atoms with Crippen LogP contribution in [0.4, 0.5) is 4.79 Å². The lowest BCUT2D eigenvalue weighted by atomic mass is 10.0. The number of aromatic nitrogens is 4. The third-order valence-corrected chi connectivity index (χ3v) is 6.07. The van der Waals surface area contributed by atoms with Gasteiger partial charge in [-0.2, -0.15) is 0 Å². The van der Waals surface area contributed by atoms with Crippen LogP contribution in [0.1, 0.15) is 35.5 Å². The molecule has 1 amide bonds. The number of amides is 1. The lowest BCUT2D eigenvalue weighted by molar-refractivity contribution is 0.0977. The molecule has 0 atom stereocenters. The largest absolute Gasteiger partial charge is 0.445 e. The molecule has 5 rings (SSSR count). The Labute approximate surface area is 193 Å². The van der Waals surface area contributed by atoms with Gasteiger partial charge >= 0.3 is 6.09 Å². The number of hydrogen-bond donors (Lipinski definition) is 0. The number of carbonyl (C=O) groups excluding carboxylic acids is 1. The number of hydrogen-bond acceptors (Lipinski definition) is 5. The van der Waals surface area contributed by atoms with Gasteiger partial charge in [0.05, 0.1) is 5.69 Å². The van der Waals surface area contributed by atoms with Crippen molar-refractivity contribution in [2.24, 2.45) is 0 Å². The van der Waals surface area contributed by atoms with E-state index in [0.717, 1.165) is 47.7 Å². The molecule has 0 fully saturated rings. The Kier molecular flexibility index (Phi) is 6.28. The van der Waals surface area contributed by atoms with Gasteiger partial charge in [-0.1, -0.05) is 54.1 Å². The van der Waals surface area contributed by atoms with Crippen molar-refractivity contribution in [3.8, 4) is 5.82 Å². The van der Waals surface area contributed by atoms with Crippen LogP contribution < -0.4 is 0 Å². The fraction of sp³-hybridized carbons (Fsp3) is 0.308. The highest BCUT2D eigenvalue weighted by Gasteiger charge is 2.24. The van der Waals surface area contributed by atoms with Crippen LogP contribution in [-0.4, -0.2) is 43.6 Å². The van der Waals surface area contributed by atoms with Crippen molar-refractivity contribution in [2.75, 3.05) is 13.1 Å². The molecule has 0 N–H and O–H groups in total. The summed E-state index contributed by atoms with van der Waals surface area (Å²) in [5, 5.41) is 0. The molecule has 3 heterocycles. The van der Waals surface area contributed by atoms with E-state index in [-0.39, 0.29) is 12.7 Å². The fourth-order valence-corrected chi connectivity index (χ4v) is 4.30. The van der Waals surface area contributed by atoms with Gasteiger partial charge < -0.3 is 9.64 Å². The van der Waals surface area contributed by atoms with E-state index in [4.69, 9.17) is 14.7 Å². The van der Waals surface area contributed by atoms with Crippen LogP contribution in [0.5, 0.6) is 0 Å². The van der Waals surface area contributed by atoms with E-state index in [1.807, 2.05) is 41.1 Å². The Balaban J connectivity index is 1.35. The molecule has 168 valence electrons. The lowest BCUT2D eigenvalue weighted by Gasteiger charge is -2.19. The average molecular weight is 442 g/mol. The zero-order chi connectivity index (χ0) is 22.5. The van der Waals surface area contributed by atoms with Gasteiger partial charge in [0.15, 0.2) is 0 Å². The number of carbonyl (C=O) groups is 1. The summed E-state index contributed by atoms with van der Waals surface area (Å²) in [6.45, 7) is 1.42. The number of benzene rings is 1. The molecule has 7 nitrogen and oxygen atoms in total. The third-order valence-electron chi connectivity index (χ3n) is 6.07. The molecule has 0 spiro atoms. The quantitative estimate of drug-likeness (QED) is 0.593. The summed E-state index contributed by atoms with van der Waals surface area (Å²) in [6, 6.07) is 9.75. The van der Waals surface area contributed by atoms with Crippen LogP contribution in [0.2, 0.25) is 0 Å². The molecule has 1 aromatic carbocycles. The number of nitrogens with zero attached hydrogens (tertiary/aromatic N) is 5.